The Morgan fingerprint density at radius 2 is 1.77 bits per heavy atom. The molecule has 4 nitrogen and oxygen atoms in total. The van der Waals surface area contributed by atoms with E-state index >= 15 is 0 Å². The van der Waals surface area contributed by atoms with Crippen molar-refractivity contribution in [2.45, 2.75) is 44.1 Å². The van der Waals surface area contributed by atoms with Crippen LogP contribution in [-0.4, -0.2) is 25.7 Å². The Hall–Kier alpha value is -2.17. The largest absolute Gasteiger partial charge is 0.493 e. The van der Waals surface area contributed by atoms with Crippen molar-refractivity contribution in [3.63, 3.8) is 0 Å². The number of benzene rings is 2. The summed E-state index contributed by atoms with van der Waals surface area (Å²) in [6.07, 6.45) is 7.34. The first-order valence-electron chi connectivity index (χ1n) is 10.3. The van der Waals surface area contributed by atoms with Crippen molar-refractivity contribution in [3.05, 3.63) is 63.1 Å². The number of hydrogen-bond donors (Lipinski definition) is 1. The third-order valence-electron chi connectivity index (χ3n) is 5.75. The van der Waals surface area contributed by atoms with Gasteiger partial charge >= 0.3 is 0 Å². The zero-order chi connectivity index (χ0) is 21.1. The second kappa shape index (κ2) is 9.32. The molecule has 1 heterocycles. The van der Waals surface area contributed by atoms with Crippen molar-refractivity contribution in [2.75, 3.05) is 13.7 Å². The number of halogens is 2. The molecule has 2 aromatic carbocycles. The summed E-state index contributed by atoms with van der Waals surface area (Å²) in [6, 6.07) is 11.4. The second-order valence-corrected chi connectivity index (χ2v) is 8.79. The molecule has 1 saturated carbocycles. The van der Waals surface area contributed by atoms with Crippen molar-refractivity contribution < 1.29 is 14.3 Å². The van der Waals surface area contributed by atoms with Gasteiger partial charge in [-0.2, -0.15) is 0 Å². The van der Waals surface area contributed by atoms with Crippen LogP contribution in [0.25, 0.3) is 6.08 Å². The number of amides is 1. The molecule has 30 heavy (non-hydrogen) atoms. The van der Waals surface area contributed by atoms with Gasteiger partial charge in [0, 0.05) is 28.1 Å². The maximum absolute atomic E-state index is 12.5. The summed E-state index contributed by atoms with van der Waals surface area (Å²) in [6.45, 7) is 0.585. The molecule has 1 aliphatic heterocycles. The lowest BCUT2D eigenvalue weighted by molar-refractivity contribution is -0.118. The van der Waals surface area contributed by atoms with Crippen LogP contribution in [0.1, 0.15) is 49.1 Å². The van der Waals surface area contributed by atoms with Gasteiger partial charge < -0.3 is 14.8 Å². The summed E-state index contributed by atoms with van der Waals surface area (Å²) in [5, 5.41) is 4.10. The smallest absolute Gasteiger partial charge is 0.247 e. The van der Waals surface area contributed by atoms with E-state index in [1.54, 1.807) is 25.3 Å². The standard InChI is InChI=1S/C24H25Cl2NO3/c1-29-22-7-6-16(12-23(22)30-21-4-2-3-5-21)18-11-17(24(28)27-14-18)8-15-9-19(25)13-20(26)10-15/h6-10,12-13,18,21H,2-5,11,14H2,1H3,(H,27,28)/b17-8+/t18-/m1/s1. The summed E-state index contributed by atoms with van der Waals surface area (Å²) in [4.78, 5) is 12.5. The predicted molar refractivity (Wildman–Crippen MR) is 121 cm³/mol. The first-order chi connectivity index (χ1) is 14.5. The molecule has 2 aromatic rings. The van der Waals surface area contributed by atoms with Gasteiger partial charge in [0.15, 0.2) is 11.5 Å². The zero-order valence-electron chi connectivity index (χ0n) is 16.9. The van der Waals surface area contributed by atoms with Crippen LogP contribution in [0, 0.1) is 0 Å². The van der Waals surface area contributed by atoms with Gasteiger partial charge in [-0.25, -0.2) is 0 Å². The zero-order valence-corrected chi connectivity index (χ0v) is 18.4. The third-order valence-corrected chi connectivity index (χ3v) is 6.18. The Labute approximate surface area is 187 Å². The summed E-state index contributed by atoms with van der Waals surface area (Å²) < 4.78 is 11.7. The lowest BCUT2D eigenvalue weighted by Crippen LogP contribution is -2.35. The van der Waals surface area contributed by atoms with Crippen molar-refractivity contribution in [1.82, 2.24) is 5.32 Å². The number of carbonyl (C=O) groups is 1. The molecule has 2 fully saturated rings. The quantitative estimate of drug-likeness (QED) is 0.573. The summed E-state index contributed by atoms with van der Waals surface area (Å²) in [5.41, 5.74) is 2.65. The maximum Gasteiger partial charge on any atom is 0.247 e. The molecule has 2 aliphatic rings. The van der Waals surface area contributed by atoms with Gasteiger partial charge in [-0.3, -0.25) is 4.79 Å². The number of rotatable bonds is 5. The Morgan fingerprint density at radius 1 is 1.03 bits per heavy atom. The molecule has 0 aromatic heterocycles. The second-order valence-electron chi connectivity index (χ2n) is 7.92. The highest BCUT2D eigenvalue weighted by atomic mass is 35.5. The van der Waals surface area contributed by atoms with Gasteiger partial charge in [-0.15, -0.1) is 0 Å². The van der Waals surface area contributed by atoms with Crippen molar-refractivity contribution in [2.24, 2.45) is 0 Å². The first kappa shape index (κ1) is 21.1. The number of methoxy groups -OCH3 is 1. The van der Waals surface area contributed by atoms with E-state index in [4.69, 9.17) is 32.7 Å². The lowest BCUT2D eigenvalue weighted by atomic mass is 9.87. The number of piperidine rings is 1. The number of nitrogens with one attached hydrogen (secondary N) is 1. The number of hydrogen-bond acceptors (Lipinski definition) is 3. The molecule has 1 N–H and O–H groups in total. The number of ether oxygens (including phenoxy) is 2. The normalized spacial score (nSPS) is 21.0. The fourth-order valence-corrected chi connectivity index (χ4v) is 4.75. The molecule has 0 unspecified atom stereocenters. The average Bonchev–Trinajstić information content (AvgIpc) is 3.22. The molecule has 1 atom stereocenters. The minimum atomic E-state index is -0.0571. The highest BCUT2D eigenvalue weighted by Crippen LogP contribution is 2.37. The van der Waals surface area contributed by atoms with E-state index in [9.17, 15) is 4.79 Å². The van der Waals surface area contributed by atoms with E-state index < -0.39 is 0 Å². The topological polar surface area (TPSA) is 47.6 Å². The highest BCUT2D eigenvalue weighted by molar-refractivity contribution is 6.34. The van der Waals surface area contributed by atoms with Crippen LogP contribution in [0.3, 0.4) is 0 Å². The van der Waals surface area contributed by atoms with Gasteiger partial charge in [-0.1, -0.05) is 29.3 Å². The highest BCUT2D eigenvalue weighted by Gasteiger charge is 2.26. The van der Waals surface area contributed by atoms with Crippen molar-refractivity contribution in [3.8, 4) is 11.5 Å². The van der Waals surface area contributed by atoms with Gasteiger partial charge in [0.05, 0.1) is 13.2 Å². The monoisotopic (exact) mass is 445 g/mol. The van der Waals surface area contributed by atoms with Crippen LogP contribution in [0.5, 0.6) is 11.5 Å². The predicted octanol–water partition coefficient (Wildman–Crippen LogP) is 6.01. The van der Waals surface area contributed by atoms with E-state index in [0.717, 1.165) is 35.5 Å². The molecule has 0 bridgehead atoms. The van der Waals surface area contributed by atoms with Crippen LogP contribution in [-0.2, 0) is 4.79 Å². The van der Waals surface area contributed by atoms with Crippen molar-refractivity contribution >= 4 is 35.2 Å². The third kappa shape index (κ3) is 4.93. The average molecular weight is 446 g/mol. The van der Waals surface area contributed by atoms with Gasteiger partial charge in [0.25, 0.3) is 0 Å². The van der Waals surface area contributed by atoms with Gasteiger partial charge in [0.2, 0.25) is 5.91 Å². The summed E-state index contributed by atoms with van der Waals surface area (Å²) in [7, 11) is 1.66. The molecule has 0 spiro atoms. The molecule has 1 aliphatic carbocycles. The summed E-state index contributed by atoms with van der Waals surface area (Å²) >= 11 is 12.2. The first-order valence-corrected chi connectivity index (χ1v) is 11.1. The molecule has 1 saturated heterocycles. The van der Waals surface area contributed by atoms with Crippen LogP contribution in [0.15, 0.2) is 42.0 Å². The van der Waals surface area contributed by atoms with E-state index in [2.05, 4.69) is 17.4 Å². The molecule has 0 radical (unpaired) electrons. The Bertz CT molecular complexity index is 947. The number of carbonyl (C=O) groups excluding carboxylic acids is 1. The van der Waals surface area contributed by atoms with E-state index in [1.165, 1.54) is 12.8 Å². The maximum atomic E-state index is 12.5. The van der Waals surface area contributed by atoms with E-state index in [0.29, 0.717) is 28.6 Å². The fraction of sp³-hybridized carbons (Fsp3) is 0.375. The fourth-order valence-electron chi connectivity index (χ4n) is 4.20. The Balaban J connectivity index is 1.57. The van der Waals surface area contributed by atoms with Crippen LogP contribution in [0.4, 0.5) is 0 Å². The van der Waals surface area contributed by atoms with Crippen LogP contribution in [0.2, 0.25) is 10.0 Å². The van der Waals surface area contributed by atoms with Crippen LogP contribution >= 0.6 is 23.2 Å². The molecule has 158 valence electrons. The Morgan fingerprint density at radius 3 is 2.47 bits per heavy atom. The Kier molecular flexibility index (Phi) is 6.55. The lowest BCUT2D eigenvalue weighted by Gasteiger charge is -2.26. The molecular weight excluding hydrogens is 421 g/mol. The van der Waals surface area contributed by atoms with Gasteiger partial charge in [-0.05, 0) is 79.6 Å². The van der Waals surface area contributed by atoms with Gasteiger partial charge in [0.1, 0.15) is 0 Å². The summed E-state index contributed by atoms with van der Waals surface area (Å²) in [5.74, 6) is 1.62. The molecule has 6 heteroatoms. The van der Waals surface area contributed by atoms with E-state index in [1.807, 2.05) is 12.1 Å². The van der Waals surface area contributed by atoms with Crippen molar-refractivity contribution in [1.29, 1.82) is 0 Å². The minimum absolute atomic E-state index is 0.0571. The van der Waals surface area contributed by atoms with Crippen LogP contribution < -0.4 is 14.8 Å². The SMILES string of the molecule is COc1ccc([C@H]2CNC(=O)/C(=C/c3cc(Cl)cc(Cl)c3)C2)cc1OC1CCCC1. The van der Waals surface area contributed by atoms with E-state index in [-0.39, 0.29) is 17.9 Å². The minimum Gasteiger partial charge on any atom is -0.493 e. The molecular formula is C24H25Cl2NO3. The molecule has 1 amide bonds. The molecule has 4 rings (SSSR count).